The number of alkyl carbamates (subject to hydrolysis) is 1. The van der Waals surface area contributed by atoms with Crippen molar-refractivity contribution in [2.24, 2.45) is 5.92 Å². The van der Waals surface area contributed by atoms with Gasteiger partial charge in [0.05, 0.1) is 25.3 Å². The minimum atomic E-state index is -1.81. The molecule has 1 aromatic carbocycles. The smallest absolute Gasteiger partial charge is 0.409 e. The molecule has 49 heavy (non-hydrogen) atoms. The van der Waals surface area contributed by atoms with Crippen LogP contribution in [0.2, 0.25) is 5.02 Å². The van der Waals surface area contributed by atoms with Gasteiger partial charge >= 0.3 is 12.1 Å². The molecule has 270 valence electrons. The van der Waals surface area contributed by atoms with Gasteiger partial charge in [0.1, 0.15) is 41.2 Å². The number of anilines is 1. The molecule has 0 spiro atoms. The van der Waals surface area contributed by atoms with Gasteiger partial charge in [-0.3, -0.25) is 14.9 Å². The second kappa shape index (κ2) is 16.2. The van der Waals surface area contributed by atoms with Crippen molar-refractivity contribution in [1.82, 2.24) is 10.2 Å². The summed E-state index contributed by atoms with van der Waals surface area (Å²) in [5.41, 5.74) is 0.325. The molecule has 0 aromatic heterocycles. The van der Waals surface area contributed by atoms with E-state index in [1.807, 2.05) is 13.0 Å². The van der Waals surface area contributed by atoms with Crippen LogP contribution in [0.1, 0.15) is 45.6 Å². The lowest BCUT2D eigenvalue weighted by atomic mass is 9.87. The topological polar surface area (TPSA) is 156 Å². The molecule has 4 rings (SSSR count). The van der Waals surface area contributed by atoms with Gasteiger partial charge in [-0.05, 0) is 43.7 Å². The van der Waals surface area contributed by atoms with Gasteiger partial charge in [-0.1, -0.05) is 42.3 Å². The number of rotatable bonds is 7. The molecule has 3 amide bonds. The van der Waals surface area contributed by atoms with Gasteiger partial charge in [0.15, 0.2) is 5.72 Å². The molecule has 3 heterocycles. The van der Waals surface area contributed by atoms with Crippen molar-refractivity contribution >= 4 is 53.8 Å². The van der Waals surface area contributed by atoms with Crippen LogP contribution in [0, 0.1) is 5.92 Å². The standard InChI is InChI=1S/C34H46ClN3O10S/c1-18-9-8-10-26(45-7)34(43)17-25(47-33(42)36-34)19(2)30-31(48-30)24(46-32(41)20(3)37(4)27(39)11-12-49)16-28(40)38(5)22-14-21(13-18)15-23(44-6)29(22)35/h8-10,14-15,19-20,24-26,30-31,43,49H,11-13,16-17H2,1-7H3,(H,36,42)/b10-8+,18-9+/t19-,20?,24+,25+,26-,30+,31+,34+/m1/s1. The summed E-state index contributed by atoms with van der Waals surface area (Å²) in [5.74, 6) is -1.24. The number of carbonyl (C=O) groups excluding carboxylic acids is 4. The first kappa shape index (κ1) is 38.5. The average molecular weight is 724 g/mol. The molecule has 2 saturated heterocycles. The second-order valence-electron chi connectivity index (χ2n) is 12.8. The third kappa shape index (κ3) is 8.90. The predicted molar refractivity (Wildman–Crippen MR) is 185 cm³/mol. The summed E-state index contributed by atoms with van der Waals surface area (Å²) in [6, 6.07) is 2.61. The van der Waals surface area contributed by atoms with E-state index in [1.54, 1.807) is 38.3 Å². The minimum Gasteiger partial charge on any atom is -0.495 e. The molecule has 3 aliphatic rings. The van der Waals surface area contributed by atoms with Gasteiger partial charge in [-0.2, -0.15) is 12.6 Å². The molecule has 13 nitrogen and oxygen atoms in total. The van der Waals surface area contributed by atoms with Crippen LogP contribution in [-0.2, 0) is 39.8 Å². The maximum Gasteiger partial charge on any atom is 0.409 e. The number of fused-ring (bicyclic) bond motifs is 5. The average Bonchev–Trinajstić information content (AvgIpc) is 3.85. The fourth-order valence-corrected chi connectivity index (χ4v) is 6.63. The van der Waals surface area contributed by atoms with Gasteiger partial charge in [0, 0.05) is 40.0 Å². The number of hydrogen-bond donors (Lipinski definition) is 3. The lowest BCUT2D eigenvalue weighted by Crippen LogP contribution is -2.63. The summed E-state index contributed by atoms with van der Waals surface area (Å²) in [7, 11) is 5.98. The summed E-state index contributed by atoms with van der Waals surface area (Å²) in [6.07, 6.45) is 0.505. The number of hydrogen-bond acceptors (Lipinski definition) is 11. The van der Waals surface area contributed by atoms with E-state index in [9.17, 15) is 24.3 Å². The third-order valence-corrected chi connectivity index (χ3v) is 9.92. The van der Waals surface area contributed by atoms with Crippen LogP contribution in [0.25, 0.3) is 0 Å². The summed E-state index contributed by atoms with van der Waals surface area (Å²) in [5, 5.41) is 14.3. The number of allylic oxidation sites excluding steroid dienone is 3. The monoisotopic (exact) mass is 723 g/mol. The Labute approximate surface area is 297 Å². The number of epoxide rings is 1. The SMILES string of the molecule is COc1cc2cc(c1Cl)N(C)C(=O)C[C@H](OC(=O)C(C)N(C)C(=O)CCS)[C@@H]1O[C@H]1[C@H](C)[C@@H]1C[C@@](O)(NC(=O)O1)[C@H](OC)/C=C/C=C(\C)C2. The number of amides is 3. The molecule has 2 fully saturated rings. The Morgan fingerprint density at radius 1 is 1.27 bits per heavy atom. The fourth-order valence-electron chi connectivity index (χ4n) is 6.12. The number of likely N-dealkylation sites (N-methyl/N-ethyl adjacent to an activating group) is 1. The van der Waals surface area contributed by atoms with Gasteiger partial charge in [-0.15, -0.1) is 0 Å². The molecular weight excluding hydrogens is 678 g/mol. The highest BCUT2D eigenvalue weighted by Gasteiger charge is 2.56. The Morgan fingerprint density at radius 2 is 1.98 bits per heavy atom. The summed E-state index contributed by atoms with van der Waals surface area (Å²) >= 11 is 10.8. The number of nitrogens with one attached hydrogen (secondary N) is 1. The number of benzene rings is 1. The van der Waals surface area contributed by atoms with E-state index in [1.165, 1.54) is 38.0 Å². The predicted octanol–water partition coefficient (Wildman–Crippen LogP) is 3.44. The first-order valence-electron chi connectivity index (χ1n) is 16.1. The van der Waals surface area contributed by atoms with Crippen LogP contribution in [0.5, 0.6) is 5.75 Å². The lowest BCUT2D eigenvalue weighted by molar-refractivity contribution is -0.159. The molecule has 4 bridgehead atoms. The number of ether oxygens (including phenoxy) is 5. The van der Waals surface area contributed by atoms with E-state index >= 15 is 0 Å². The molecule has 0 radical (unpaired) electrons. The zero-order valence-corrected chi connectivity index (χ0v) is 30.5. The maximum absolute atomic E-state index is 13.9. The number of nitrogens with zero attached hydrogens (tertiary/aromatic N) is 2. The number of carbonyl (C=O) groups is 4. The zero-order valence-electron chi connectivity index (χ0n) is 28.8. The van der Waals surface area contributed by atoms with Crippen LogP contribution < -0.4 is 15.0 Å². The molecule has 3 aliphatic heterocycles. The summed E-state index contributed by atoms with van der Waals surface area (Å²) in [6.45, 7) is 5.24. The van der Waals surface area contributed by atoms with Gasteiger partial charge in [0.25, 0.3) is 0 Å². The fraction of sp³-hybridized carbons (Fsp3) is 0.588. The molecule has 15 heteroatoms. The Balaban J connectivity index is 1.74. The van der Waals surface area contributed by atoms with E-state index in [0.717, 1.165) is 11.1 Å². The largest absolute Gasteiger partial charge is 0.495 e. The normalized spacial score (nSPS) is 31.2. The van der Waals surface area contributed by atoms with Crippen LogP contribution >= 0.6 is 24.2 Å². The number of thiol groups is 1. The Morgan fingerprint density at radius 3 is 2.63 bits per heavy atom. The van der Waals surface area contributed by atoms with Crippen molar-refractivity contribution in [1.29, 1.82) is 0 Å². The third-order valence-electron chi connectivity index (χ3n) is 9.32. The second-order valence-corrected chi connectivity index (χ2v) is 13.6. The molecule has 0 saturated carbocycles. The van der Waals surface area contributed by atoms with E-state index in [4.69, 9.17) is 35.3 Å². The number of methoxy groups -OCH3 is 2. The van der Waals surface area contributed by atoms with Crippen molar-refractivity contribution in [2.75, 3.05) is 39.0 Å². The van der Waals surface area contributed by atoms with Crippen LogP contribution in [0.4, 0.5) is 10.5 Å². The van der Waals surface area contributed by atoms with E-state index < -0.39 is 66.2 Å². The highest BCUT2D eigenvalue weighted by Crippen LogP contribution is 2.41. The highest BCUT2D eigenvalue weighted by molar-refractivity contribution is 7.80. The van der Waals surface area contributed by atoms with Gasteiger partial charge < -0.3 is 38.6 Å². The van der Waals surface area contributed by atoms with E-state index in [2.05, 4.69) is 17.9 Å². The maximum atomic E-state index is 13.9. The molecule has 2 N–H and O–H groups in total. The van der Waals surface area contributed by atoms with Crippen molar-refractivity contribution in [3.8, 4) is 5.75 Å². The van der Waals surface area contributed by atoms with E-state index in [-0.39, 0.29) is 30.2 Å². The van der Waals surface area contributed by atoms with E-state index in [0.29, 0.717) is 23.6 Å². The van der Waals surface area contributed by atoms with Crippen molar-refractivity contribution in [3.63, 3.8) is 0 Å². The first-order chi connectivity index (χ1) is 23.1. The Kier molecular flexibility index (Phi) is 12.7. The zero-order chi connectivity index (χ0) is 36.2. The summed E-state index contributed by atoms with van der Waals surface area (Å²) < 4.78 is 28.7. The van der Waals surface area contributed by atoms with Crippen LogP contribution in [-0.4, -0.2) is 110 Å². The molecule has 8 atom stereocenters. The number of aliphatic hydroxyl groups is 1. The molecular formula is C34H46ClN3O10S. The van der Waals surface area contributed by atoms with Gasteiger partial charge in [0.2, 0.25) is 11.8 Å². The number of halogens is 1. The highest BCUT2D eigenvalue weighted by atomic mass is 35.5. The molecule has 1 aromatic rings. The summed E-state index contributed by atoms with van der Waals surface area (Å²) in [4.78, 5) is 55.2. The molecule has 0 aliphatic carbocycles. The van der Waals surface area contributed by atoms with Gasteiger partial charge in [-0.25, -0.2) is 9.59 Å². The minimum absolute atomic E-state index is 0.0383. The number of esters is 1. The lowest BCUT2D eigenvalue weighted by Gasteiger charge is -2.41. The van der Waals surface area contributed by atoms with Crippen molar-refractivity contribution < 1.29 is 48.0 Å². The Bertz CT molecular complexity index is 1490. The van der Waals surface area contributed by atoms with Crippen molar-refractivity contribution in [2.45, 2.75) is 88.7 Å². The van der Waals surface area contributed by atoms with Crippen LogP contribution in [0.15, 0.2) is 35.9 Å². The molecule has 1 unspecified atom stereocenters. The quantitative estimate of drug-likeness (QED) is 0.216. The Hall–Kier alpha value is -3.30. The van der Waals surface area contributed by atoms with Crippen molar-refractivity contribution in [3.05, 3.63) is 46.5 Å². The first-order valence-corrected chi connectivity index (χ1v) is 17.1. The van der Waals surface area contributed by atoms with Crippen LogP contribution in [0.3, 0.4) is 0 Å².